The Morgan fingerprint density at radius 3 is 2.95 bits per heavy atom. The maximum Gasteiger partial charge on any atom is 0.254 e. The SMILES string of the molecule is CC1CCN(C(=O)c2ccc3c(c2)OCO3)CC1O. The molecule has 1 fully saturated rings. The van der Waals surface area contributed by atoms with Gasteiger partial charge in [0, 0.05) is 18.7 Å². The van der Waals surface area contributed by atoms with Crippen LogP contribution in [0.5, 0.6) is 11.5 Å². The zero-order chi connectivity index (χ0) is 13.4. The van der Waals surface area contributed by atoms with Crippen molar-refractivity contribution < 1.29 is 19.4 Å². The Bertz CT molecular complexity index is 502. The van der Waals surface area contributed by atoms with Gasteiger partial charge in [0.25, 0.3) is 5.91 Å². The Morgan fingerprint density at radius 2 is 2.16 bits per heavy atom. The number of carbonyl (C=O) groups is 1. The maximum atomic E-state index is 12.4. The van der Waals surface area contributed by atoms with E-state index >= 15 is 0 Å². The number of aliphatic hydroxyl groups excluding tert-OH is 1. The van der Waals surface area contributed by atoms with Crippen LogP contribution in [0.3, 0.4) is 0 Å². The third kappa shape index (κ3) is 2.26. The van der Waals surface area contributed by atoms with Gasteiger partial charge in [-0.15, -0.1) is 0 Å². The van der Waals surface area contributed by atoms with Crippen LogP contribution in [-0.2, 0) is 0 Å². The number of β-amino-alcohol motifs (C(OH)–C–C–N with tert-alkyl or cyclic N) is 1. The second-order valence-corrected chi connectivity index (χ2v) is 5.15. The van der Waals surface area contributed by atoms with E-state index in [1.807, 2.05) is 6.92 Å². The van der Waals surface area contributed by atoms with Crippen LogP contribution in [0.15, 0.2) is 18.2 Å². The molecule has 0 aliphatic carbocycles. The summed E-state index contributed by atoms with van der Waals surface area (Å²) >= 11 is 0. The molecule has 0 bridgehead atoms. The van der Waals surface area contributed by atoms with Crippen LogP contribution in [0.4, 0.5) is 0 Å². The molecule has 5 heteroatoms. The molecule has 5 nitrogen and oxygen atoms in total. The van der Waals surface area contributed by atoms with Gasteiger partial charge in [0.2, 0.25) is 6.79 Å². The monoisotopic (exact) mass is 263 g/mol. The van der Waals surface area contributed by atoms with Gasteiger partial charge < -0.3 is 19.5 Å². The van der Waals surface area contributed by atoms with Crippen molar-refractivity contribution in [2.24, 2.45) is 5.92 Å². The number of hydrogen-bond donors (Lipinski definition) is 1. The largest absolute Gasteiger partial charge is 0.454 e. The summed E-state index contributed by atoms with van der Waals surface area (Å²) in [5.41, 5.74) is 0.575. The van der Waals surface area contributed by atoms with Crippen molar-refractivity contribution in [2.75, 3.05) is 19.9 Å². The number of carbonyl (C=O) groups excluding carboxylic acids is 1. The van der Waals surface area contributed by atoms with Gasteiger partial charge in [-0.3, -0.25) is 4.79 Å². The van der Waals surface area contributed by atoms with E-state index in [9.17, 15) is 9.90 Å². The molecule has 2 unspecified atom stereocenters. The zero-order valence-electron chi connectivity index (χ0n) is 10.8. The second-order valence-electron chi connectivity index (χ2n) is 5.15. The zero-order valence-corrected chi connectivity index (χ0v) is 10.8. The fraction of sp³-hybridized carbons (Fsp3) is 0.500. The fourth-order valence-corrected chi connectivity index (χ4v) is 2.45. The van der Waals surface area contributed by atoms with Crippen molar-refractivity contribution in [3.63, 3.8) is 0 Å². The van der Waals surface area contributed by atoms with E-state index in [0.717, 1.165) is 6.42 Å². The van der Waals surface area contributed by atoms with E-state index in [0.29, 0.717) is 30.2 Å². The molecule has 0 radical (unpaired) electrons. The lowest BCUT2D eigenvalue weighted by Gasteiger charge is -2.34. The molecule has 2 aliphatic heterocycles. The summed E-state index contributed by atoms with van der Waals surface area (Å²) in [4.78, 5) is 14.1. The van der Waals surface area contributed by atoms with E-state index in [-0.39, 0.29) is 18.6 Å². The van der Waals surface area contributed by atoms with Gasteiger partial charge in [-0.1, -0.05) is 6.92 Å². The van der Waals surface area contributed by atoms with Crippen LogP contribution >= 0.6 is 0 Å². The topological polar surface area (TPSA) is 59.0 Å². The van der Waals surface area contributed by atoms with E-state index < -0.39 is 6.10 Å². The molecule has 1 N–H and O–H groups in total. The smallest absolute Gasteiger partial charge is 0.254 e. The average Bonchev–Trinajstić information content (AvgIpc) is 2.88. The third-order valence-electron chi connectivity index (χ3n) is 3.83. The lowest BCUT2D eigenvalue weighted by Crippen LogP contribution is -2.45. The van der Waals surface area contributed by atoms with Gasteiger partial charge >= 0.3 is 0 Å². The first-order valence-electron chi connectivity index (χ1n) is 6.52. The fourth-order valence-electron chi connectivity index (χ4n) is 2.45. The van der Waals surface area contributed by atoms with Gasteiger partial charge in [-0.25, -0.2) is 0 Å². The molecular formula is C14H17NO4. The first kappa shape index (κ1) is 12.3. The maximum absolute atomic E-state index is 12.4. The number of piperidine rings is 1. The van der Waals surface area contributed by atoms with Gasteiger partial charge in [-0.05, 0) is 30.5 Å². The van der Waals surface area contributed by atoms with Crippen LogP contribution in [-0.4, -0.2) is 41.9 Å². The van der Waals surface area contributed by atoms with Gasteiger partial charge in [-0.2, -0.15) is 0 Å². The molecule has 2 atom stereocenters. The number of likely N-dealkylation sites (tertiary alicyclic amines) is 1. The summed E-state index contributed by atoms with van der Waals surface area (Å²) < 4.78 is 10.5. The first-order chi connectivity index (χ1) is 9.15. The van der Waals surface area contributed by atoms with Crippen LogP contribution in [0, 0.1) is 5.92 Å². The van der Waals surface area contributed by atoms with E-state index in [4.69, 9.17) is 9.47 Å². The molecule has 2 heterocycles. The van der Waals surface area contributed by atoms with Crippen LogP contribution < -0.4 is 9.47 Å². The molecule has 1 saturated heterocycles. The lowest BCUT2D eigenvalue weighted by molar-refractivity contribution is 0.0248. The van der Waals surface area contributed by atoms with Crippen molar-refractivity contribution >= 4 is 5.91 Å². The highest BCUT2D eigenvalue weighted by molar-refractivity contribution is 5.95. The number of amides is 1. The molecule has 0 aromatic heterocycles. The number of rotatable bonds is 1. The standard InChI is InChI=1S/C14H17NO4/c1-9-4-5-15(7-11(9)16)14(17)10-2-3-12-13(6-10)19-8-18-12/h2-3,6,9,11,16H,4-5,7-8H2,1H3. The second kappa shape index (κ2) is 4.74. The molecular weight excluding hydrogens is 246 g/mol. The molecule has 1 amide bonds. The van der Waals surface area contributed by atoms with Crippen LogP contribution in [0.25, 0.3) is 0 Å². The number of benzene rings is 1. The molecule has 1 aromatic carbocycles. The first-order valence-corrected chi connectivity index (χ1v) is 6.52. The summed E-state index contributed by atoms with van der Waals surface area (Å²) in [6.45, 7) is 3.29. The third-order valence-corrected chi connectivity index (χ3v) is 3.83. The Morgan fingerprint density at radius 1 is 1.37 bits per heavy atom. The lowest BCUT2D eigenvalue weighted by atomic mass is 9.95. The number of aliphatic hydroxyl groups is 1. The minimum Gasteiger partial charge on any atom is -0.454 e. The Kier molecular flexibility index (Phi) is 3.06. The molecule has 0 spiro atoms. The number of ether oxygens (including phenoxy) is 2. The molecule has 2 aliphatic rings. The molecule has 102 valence electrons. The Hall–Kier alpha value is -1.75. The Balaban J connectivity index is 1.77. The van der Waals surface area contributed by atoms with Crippen molar-refractivity contribution in [1.82, 2.24) is 4.90 Å². The number of fused-ring (bicyclic) bond motifs is 1. The van der Waals surface area contributed by atoms with E-state index in [1.165, 1.54) is 0 Å². The van der Waals surface area contributed by atoms with Crippen molar-refractivity contribution in [3.05, 3.63) is 23.8 Å². The molecule has 1 aromatic rings. The summed E-state index contributed by atoms with van der Waals surface area (Å²) in [7, 11) is 0. The minimum atomic E-state index is -0.438. The highest BCUT2D eigenvalue weighted by Gasteiger charge is 2.28. The minimum absolute atomic E-state index is 0.0655. The van der Waals surface area contributed by atoms with Gasteiger partial charge in [0.1, 0.15) is 0 Å². The highest BCUT2D eigenvalue weighted by Crippen LogP contribution is 2.33. The normalized spacial score (nSPS) is 25.5. The number of hydrogen-bond acceptors (Lipinski definition) is 4. The molecule has 3 rings (SSSR count). The number of nitrogens with zero attached hydrogens (tertiary/aromatic N) is 1. The molecule has 0 saturated carbocycles. The van der Waals surface area contributed by atoms with Gasteiger partial charge in [0.15, 0.2) is 11.5 Å². The Labute approximate surface area is 111 Å². The van der Waals surface area contributed by atoms with Crippen LogP contribution in [0.1, 0.15) is 23.7 Å². The van der Waals surface area contributed by atoms with E-state index in [2.05, 4.69) is 0 Å². The quantitative estimate of drug-likeness (QED) is 0.828. The average molecular weight is 263 g/mol. The summed E-state index contributed by atoms with van der Waals surface area (Å²) in [5, 5.41) is 9.86. The van der Waals surface area contributed by atoms with Crippen molar-refractivity contribution in [3.8, 4) is 11.5 Å². The van der Waals surface area contributed by atoms with Crippen molar-refractivity contribution in [2.45, 2.75) is 19.4 Å². The predicted octanol–water partition coefficient (Wildman–Crippen LogP) is 1.26. The highest BCUT2D eigenvalue weighted by atomic mass is 16.7. The van der Waals surface area contributed by atoms with Crippen LogP contribution in [0.2, 0.25) is 0 Å². The summed E-state index contributed by atoms with van der Waals surface area (Å²) in [6, 6.07) is 5.19. The summed E-state index contributed by atoms with van der Waals surface area (Å²) in [5.74, 6) is 1.46. The van der Waals surface area contributed by atoms with E-state index in [1.54, 1.807) is 23.1 Å². The van der Waals surface area contributed by atoms with Crippen molar-refractivity contribution in [1.29, 1.82) is 0 Å². The van der Waals surface area contributed by atoms with Gasteiger partial charge in [0.05, 0.1) is 6.10 Å². The predicted molar refractivity (Wildman–Crippen MR) is 68.3 cm³/mol. The molecule has 19 heavy (non-hydrogen) atoms. The summed E-state index contributed by atoms with van der Waals surface area (Å²) in [6.07, 6.45) is 0.393.